The maximum Gasteiger partial charge on any atom is 0.106 e. The Kier molecular flexibility index (Phi) is 3.17. The standard InChI is InChI=1S/C13H17NOS/c1-8-7-12(9(2)15-8)13(14-4)11-5-6-16-10(11)3/h5-7,13-14H,1-4H3. The van der Waals surface area contributed by atoms with Gasteiger partial charge in [0.1, 0.15) is 11.5 Å². The molecule has 0 radical (unpaired) electrons. The number of rotatable bonds is 3. The van der Waals surface area contributed by atoms with Crippen molar-refractivity contribution in [2.75, 3.05) is 7.05 Å². The summed E-state index contributed by atoms with van der Waals surface area (Å²) < 4.78 is 5.60. The molecule has 2 nitrogen and oxygen atoms in total. The van der Waals surface area contributed by atoms with Crippen molar-refractivity contribution in [3.05, 3.63) is 45.0 Å². The lowest BCUT2D eigenvalue weighted by molar-refractivity contribution is 0.497. The van der Waals surface area contributed by atoms with Crippen molar-refractivity contribution in [2.24, 2.45) is 0 Å². The minimum atomic E-state index is 0.240. The van der Waals surface area contributed by atoms with Gasteiger partial charge in [-0.3, -0.25) is 0 Å². The van der Waals surface area contributed by atoms with Gasteiger partial charge >= 0.3 is 0 Å². The molecule has 1 atom stereocenters. The first kappa shape index (κ1) is 11.4. The minimum absolute atomic E-state index is 0.240. The molecule has 0 fully saturated rings. The first-order valence-electron chi connectivity index (χ1n) is 5.41. The van der Waals surface area contributed by atoms with E-state index in [9.17, 15) is 0 Å². The fraction of sp³-hybridized carbons (Fsp3) is 0.385. The van der Waals surface area contributed by atoms with E-state index in [2.05, 4.69) is 29.8 Å². The van der Waals surface area contributed by atoms with Crippen LogP contribution in [0.5, 0.6) is 0 Å². The molecule has 2 aromatic rings. The van der Waals surface area contributed by atoms with Gasteiger partial charge in [-0.05, 0) is 50.9 Å². The van der Waals surface area contributed by atoms with Crippen molar-refractivity contribution in [3.63, 3.8) is 0 Å². The monoisotopic (exact) mass is 235 g/mol. The van der Waals surface area contributed by atoms with Gasteiger partial charge < -0.3 is 9.73 Å². The molecule has 0 aromatic carbocycles. The number of nitrogens with one attached hydrogen (secondary N) is 1. The SMILES string of the molecule is CNC(c1cc(C)oc1C)c1ccsc1C. The molecule has 1 N–H and O–H groups in total. The third-order valence-corrected chi connectivity index (χ3v) is 3.75. The highest BCUT2D eigenvalue weighted by Gasteiger charge is 2.19. The summed E-state index contributed by atoms with van der Waals surface area (Å²) in [5.74, 6) is 1.98. The number of furan rings is 1. The first-order valence-corrected chi connectivity index (χ1v) is 6.29. The molecule has 0 saturated heterocycles. The molecule has 2 heterocycles. The highest BCUT2D eigenvalue weighted by atomic mass is 32.1. The zero-order valence-electron chi connectivity index (χ0n) is 10.1. The second kappa shape index (κ2) is 4.44. The molecule has 16 heavy (non-hydrogen) atoms. The van der Waals surface area contributed by atoms with Crippen LogP contribution in [0.4, 0.5) is 0 Å². The molecular weight excluding hydrogens is 218 g/mol. The predicted octanol–water partition coefficient (Wildman–Crippen LogP) is 3.58. The normalized spacial score (nSPS) is 13.0. The van der Waals surface area contributed by atoms with Crippen LogP contribution in [0.1, 0.15) is 33.6 Å². The van der Waals surface area contributed by atoms with E-state index in [1.54, 1.807) is 11.3 Å². The fourth-order valence-corrected chi connectivity index (χ4v) is 2.85. The summed E-state index contributed by atoms with van der Waals surface area (Å²) in [6.07, 6.45) is 0. The van der Waals surface area contributed by atoms with Crippen LogP contribution in [0.15, 0.2) is 21.9 Å². The zero-order valence-corrected chi connectivity index (χ0v) is 10.9. The second-order valence-electron chi connectivity index (χ2n) is 4.02. The smallest absolute Gasteiger partial charge is 0.106 e. The summed E-state index contributed by atoms with van der Waals surface area (Å²) in [4.78, 5) is 1.36. The molecule has 0 aliphatic heterocycles. The summed E-state index contributed by atoms with van der Waals surface area (Å²) in [5, 5.41) is 5.50. The van der Waals surface area contributed by atoms with Crippen molar-refractivity contribution in [1.82, 2.24) is 5.32 Å². The fourth-order valence-electron chi connectivity index (χ4n) is 2.11. The predicted molar refractivity (Wildman–Crippen MR) is 68.1 cm³/mol. The van der Waals surface area contributed by atoms with E-state index >= 15 is 0 Å². The van der Waals surface area contributed by atoms with Gasteiger partial charge in [0.15, 0.2) is 0 Å². The molecule has 2 aromatic heterocycles. The van der Waals surface area contributed by atoms with Crippen molar-refractivity contribution >= 4 is 11.3 Å². The lowest BCUT2D eigenvalue weighted by Gasteiger charge is -2.15. The number of aryl methyl sites for hydroxylation is 3. The molecule has 0 aliphatic carbocycles. The number of thiophene rings is 1. The molecule has 0 amide bonds. The lowest BCUT2D eigenvalue weighted by atomic mass is 10.00. The Balaban J connectivity index is 2.44. The van der Waals surface area contributed by atoms with Crippen molar-refractivity contribution < 1.29 is 4.42 Å². The number of hydrogen-bond donors (Lipinski definition) is 1. The van der Waals surface area contributed by atoms with E-state index in [-0.39, 0.29) is 6.04 Å². The summed E-state index contributed by atoms with van der Waals surface area (Å²) in [5.41, 5.74) is 2.58. The summed E-state index contributed by atoms with van der Waals surface area (Å²) >= 11 is 1.78. The molecule has 86 valence electrons. The van der Waals surface area contributed by atoms with Gasteiger partial charge in [-0.15, -0.1) is 11.3 Å². The Morgan fingerprint density at radius 3 is 2.44 bits per heavy atom. The van der Waals surface area contributed by atoms with E-state index in [1.807, 2.05) is 20.9 Å². The first-order chi connectivity index (χ1) is 7.63. The van der Waals surface area contributed by atoms with Crippen molar-refractivity contribution in [2.45, 2.75) is 26.8 Å². The van der Waals surface area contributed by atoms with Crippen molar-refractivity contribution in [3.8, 4) is 0 Å². The van der Waals surface area contributed by atoms with Crippen LogP contribution in [-0.4, -0.2) is 7.05 Å². The van der Waals surface area contributed by atoms with E-state index in [0.717, 1.165) is 11.5 Å². The van der Waals surface area contributed by atoms with Crippen LogP contribution < -0.4 is 5.32 Å². The van der Waals surface area contributed by atoms with E-state index < -0.39 is 0 Å². The van der Waals surface area contributed by atoms with Gasteiger partial charge in [0, 0.05) is 10.4 Å². The topological polar surface area (TPSA) is 25.2 Å². The average molecular weight is 235 g/mol. The lowest BCUT2D eigenvalue weighted by Crippen LogP contribution is -2.17. The van der Waals surface area contributed by atoms with Crippen LogP contribution in [-0.2, 0) is 0 Å². The van der Waals surface area contributed by atoms with Crippen molar-refractivity contribution in [1.29, 1.82) is 0 Å². The highest BCUT2D eigenvalue weighted by Crippen LogP contribution is 2.31. The van der Waals surface area contributed by atoms with Gasteiger partial charge in [-0.25, -0.2) is 0 Å². The maximum absolute atomic E-state index is 5.60. The van der Waals surface area contributed by atoms with E-state index in [4.69, 9.17) is 4.42 Å². The molecule has 2 rings (SSSR count). The van der Waals surface area contributed by atoms with Gasteiger partial charge in [-0.1, -0.05) is 0 Å². The van der Waals surface area contributed by atoms with Crippen LogP contribution in [0.25, 0.3) is 0 Å². The van der Waals surface area contributed by atoms with Gasteiger partial charge in [-0.2, -0.15) is 0 Å². The van der Waals surface area contributed by atoms with Crippen LogP contribution in [0.2, 0.25) is 0 Å². The molecule has 0 spiro atoms. The highest BCUT2D eigenvalue weighted by molar-refractivity contribution is 7.10. The number of hydrogen-bond acceptors (Lipinski definition) is 3. The van der Waals surface area contributed by atoms with Gasteiger partial charge in [0.05, 0.1) is 6.04 Å². The average Bonchev–Trinajstić information content (AvgIpc) is 2.77. The molecule has 0 aliphatic rings. The Hall–Kier alpha value is -1.06. The molecular formula is C13H17NOS. The van der Waals surface area contributed by atoms with Gasteiger partial charge in [0.2, 0.25) is 0 Å². The quantitative estimate of drug-likeness (QED) is 0.879. The summed E-state index contributed by atoms with van der Waals surface area (Å²) in [6.45, 7) is 6.17. The molecule has 0 saturated carbocycles. The third-order valence-electron chi connectivity index (χ3n) is 2.89. The van der Waals surface area contributed by atoms with Crippen LogP contribution >= 0.6 is 11.3 Å². The van der Waals surface area contributed by atoms with Crippen LogP contribution in [0, 0.1) is 20.8 Å². The molecule has 0 bridgehead atoms. The largest absolute Gasteiger partial charge is 0.466 e. The summed E-state index contributed by atoms with van der Waals surface area (Å²) in [7, 11) is 1.99. The van der Waals surface area contributed by atoms with E-state index in [0.29, 0.717) is 0 Å². The second-order valence-corrected chi connectivity index (χ2v) is 5.14. The molecule has 3 heteroatoms. The molecule has 1 unspecified atom stereocenters. The maximum atomic E-state index is 5.60. The summed E-state index contributed by atoms with van der Waals surface area (Å²) in [6, 6.07) is 4.54. The Morgan fingerprint density at radius 2 is 2.00 bits per heavy atom. The Labute approximate surface area is 100 Å². The Morgan fingerprint density at radius 1 is 1.25 bits per heavy atom. The minimum Gasteiger partial charge on any atom is -0.466 e. The van der Waals surface area contributed by atoms with Gasteiger partial charge in [0.25, 0.3) is 0 Å². The van der Waals surface area contributed by atoms with E-state index in [1.165, 1.54) is 16.0 Å². The van der Waals surface area contributed by atoms with Crippen LogP contribution in [0.3, 0.4) is 0 Å². The third kappa shape index (κ3) is 1.93. The Bertz CT molecular complexity index is 484. The zero-order chi connectivity index (χ0) is 11.7.